The number of hydrogen-bond acceptors (Lipinski definition) is 3. The summed E-state index contributed by atoms with van der Waals surface area (Å²) in [6.45, 7) is 8.83. The summed E-state index contributed by atoms with van der Waals surface area (Å²) in [5.74, 6) is 0.684. The summed E-state index contributed by atoms with van der Waals surface area (Å²) in [5, 5.41) is 4.17. The van der Waals surface area contributed by atoms with E-state index in [1.54, 1.807) is 0 Å². The first-order valence-electron chi connectivity index (χ1n) is 9.11. The fraction of sp³-hybridized carbons (Fsp3) is 0.944. The Hall–Kier alpha value is -0.251. The molecule has 130 valence electrons. The third-order valence-electron chi connectivity index (χ3n) is 7.57. The molecule has 2 saturated carbocycles. The Morgan fingerprint density at radius 2 is 2.09 bits per heavy atom. The summed E-state index contributed by atoms with van der Waals surface area (Å²) in [6, 6.07) is 0. The Morgan fingerprint density at radius 3 is 2.74 bits per heavy atom. The standard InChI is InChI=1S/C18H29NO3Se/c1-16(2)13-7-8-17(16,3)18(11-19-15(20)22-18)14(13)23-10-12-6-4-5-9-21-12/h12-14H,4-11H2,1-3H3,(H,19,20)/t12?,13-,14+,17-,18-/m1/s1. The SMILES string of the molecule is CC1(C)[C@@H]2CC[C@@]1(C)[C@@]1(CNC(=O)O1)[C@H]2[Se]CC1CCCCO1. The van der Waals surface area contributed by atoms with Crippen LogP contribution in [0.3, 0.4) is 0 Å². The van der Waals surface area contributed by atoms with E-state index >= 15 is 0 Å². The molecular weight excluding hydrogens is 357 g/mol. The molecule has 0 aromatic heterocycles. The zero-order valence-electron chi connectivity index (χ0n) is 14.5. The second-order valence-corrected chi connectivity index (χ2v) is 11.0. The molecule has 4 aliphatic rings. The van der Waals surface area contributed by atoms with Crippen LogP contribution >= 0.6 is 0 Å². The molecule has 5 atom stereocenters. The van der Waals surface area contributed by atoms with Gasteiger partial charge in [-0.2, -0.15) is 0 Å². The monoisotopic (exact) mass is 387 g/mol. The van der Waals surface area contributed by atoms with Crippen molar-refractivity contribution in [2.24, 2.45) is 16.7 Å². The van der Waals surface area contributed by atoms with Crippen LogP contribution in [-0.4, -0.2) is 45.9 Å². The minimum absolute atomic E-state index is 0.101. The van der Waals surface area contributed by atoms with Crippen molar-refractivity contribution in [3.8, 4) is 0 Å². The second-order valence-electron chi connectivity index (χ2n) is 8.57. The molecule has 23 heavy (non-hydrogen) atoms. The topological polar surface area (TPSA) is 47.6 Å². The number of ether oxygens (including phenoxy) is 2. The second kappa shape index (κ2) is 5.37. The predicted octanol–water partition coefficient (Wildman–Crippen LogP) is 3.40. The zero-order chi connectivity index (χ0) is 16.3. The van der Waals surface area contributed by atoms with Gasteiger partial charge in [-0.1, -0.05) is 0 Å². The Kier molecular flexibility index (Phi) is 3.79. The van der Waals surface area contributed by atoms with Crippen molar-refractivity contribution in [2.45, 2.75) is 74.7 Å². The Bertz CT molecular complexity index is 504. The first kappa shape index (κ1) is 16.2. The molecule has 2 heterocycles. The van der Waals surface area contributed by atoms with Gasteiger partial charge >= 0.3 is 145 Å². The van der Waals surface area contributed by atoms with E-state index in [1.807, 2.05) is 0 Å². The Labute approximate surface area is 145 Å². The summed E-state index contributed by atoms with van der Waals surface area (Å²) in [4.78, 5) is 12.5. The third kappa shape index (κ3) is 2.09. The normalized spacial score (nSPS) is 47.8. The first-order valence-corrected chi connectivity index (χ1v) is 11.3. The quantitative estimate of drug-likeness (QED) is 0.757. The van der Waals surface area contributed by atoms with E-state index < -0.39 is 0 Å². The van der Waals surface area contributed by atoms with Crippen LogP contribution in [-0.2, 0) is 9.47 Å². The molecule has 2 bridgehead atoms. The molecule has 0 aromatic rings. The van der Waals surface area contributed by atoms with Gasteiger partial charge in [0.1, 0.15) is 0 Å². The van der Waals surface area contributed by atoms with Gasteiger partial charge < -0.3 is 0 Å². The number of amides is 1. The molecule has 1 unspecified atom stereocenters. The van der Waals surface area contributed by atoms with Crippen LogP contribution < -0.4 is 5.32 Å². The maximum absolute atomic E-state index is 11.9. The van der Waals surface area contributed by atoms with Crippen LogP contribution in [0.15, 0.2) is 0 Å². The number of rotatable bonds is 3. The maximum atomic E-state index is 11.9. The van der Waals surface area contributed by atoms with Crippen molar-refractivity contribution in [1.82, 2.24) is 5.32 Å². The Balaban J connectivity index is 1.58. The van der Waals surface area contributed by atoms with E-state index in [0.717, 1.165) is 6.61 Å². The average Bonchev–Trinajstić information content (AvgIpc) is 3.06. The summed E-state index contributed by atoms with van der Waals surface area (Å²) in [6.07, 6.45) is 6.45. The molecule has 0 aromatic carbocycles. The van der Waals surface area contributed by atoms with E-state index in [0.29, 0.717) is 38.3 Å². The van der Waals surface area contributed by atoms with Crippen molar-refractivity contribution in [2.75, 3.05) is 13.2 Å². The van der Waals surface area contributed by atoms with Gasteiger partial charge in [-0.05, 0) is 0 Å². The van der Waals surface area contributed by atoms with Crippen molar-refractivity contribution in [3.63, 3.8) is 0 Å². The van der Waals surface area contributed by atoms with Crippen molar-refractivity contribution >= 4 is 21.1 Å². The minimum atomic E-state index is -0.273. The van der Waals surface area contributed by atoms with E-state index in [9.17, 15) is 4.79 Å². The van der Waals surface area contributed by atoms with Gasteiger partial charge in [-0.3, -0.25) is 0 Å². The summed E-state index contributed by atoms with van der Waals surface area (Å²) >= 11 is 0.467. The number of hydrogen-bond donors (Lipinski definition) is 1. The molecule has 4 rings (SSSR count). The summed E-state index contributed by atoms with van der Waals surface area (Å²) < 4.78 is 12.0. The van der Waals surface area contributed by atoms with Crippen LogP contribution in [0.5, 0.6) is 0 Å². The fourth-order valence-corrected chi connectivity index (χ4v) is 10.1. The van der Waals surface area contributed by atoms with Crippen LogP contribution in [0.25, 0.3) is 0 Å². The molecule has 2 aliphatic heterocycles. The number of nitrogens with one attached hydrogen (secondary N) is 1. The molecule has 2 aliphatic carbocycles. The molecule has 4 fully saturated rings. The number of fused-ring (bicyclic) bond motifs is 3. The number of carbonyl (C=O) groups excluding carboxylic acids is 1. The van der Waals surface area contributed by atoms with Crippen LogP contribution in [0.4, 0.5) is 4.79 Å². The molecule has 2 saturated heterocycles. The van der Waals surface area contributed by atoms with Gasteiger partial charge in [0.2, 0.25) is 0 Å². The van der Waals surface area contributed by atoms with Gasteiger partial charge in [-0.25, -0.2) is 0 Å². The van der Waals surface area contributed by atoms with E-state index in [2.05, 4.69) is 26.1 Å². The third-order valence-corrected chi connectivity index (χ3v) is 11.0. The molecule has 4 nitrogen and oxygen atoms in total. The molecule has 1 amide bonds. The van der Waals surface area contributed by atoms with Crippen molar-refractivity contribution in [1.29, 1.82) is 0 Å². The number of carbonyl (C=O) groups is 1. The summed E-state index contributed by atoms with van der Waals surface area (Å²) in [5.41, 5.74) is 0.0774. The van der Waals surface area contributed by atoms with E-state index in [4.69, 9.17) is 9.47 Å². The Morgan fingerprint density at radius 1 is 1.26 bits per heavy atom. The number of alkyl carbamates (subject to hydrolysis) is 1. The molecule has 0 radical (unpaired) electrons. The average molecular weight is 386 g/mol. The first-order chi connectivity index (χ1) is 10.9. The summed E-state index contributed by atoms with van der Waals surface area (Å²) in [7, 11) is 0. The molecule has 1 spiro atoms. The predicted molar refractivity (Wildman–Crippen MR) is 89.7 cm³/mol. The van der Waals surface area contributed by atoms with Gasteiger partial charge in [0.25, 0.3) is 0 Å². The van der Waals surface area contributed by atoms with Gasteiger partial charge in [0.15, 0.2) is 0 Å². The van der Waals surface area contributed by atoms with Gasteiger partial charge in [0, 0.05) is 0 Å². The molecule has 5 heteroatoms. The van der Waals surface area contributed by atoms with Crippen molar-refractivity contribution in [3.05, 3.63) is 0 Å². The van der Waals surface area contributed by atoms with Gasteiger partial charge in [-0.15, -0.1) is 0 Å². The van der Waals surface area contributed by atoms with Crippen LogP contribution in [0.1, 0.15) is 52.9 Å². The van der Waals surface area contributed by atoms with Crippen LogP contribution in [0.2, 0.25) is 10.1 Å². The zero-order valence-corrected chi connectivity index (χ0v) is 16.2. The van der Waals surface area contributed by atoms with E-state index in [1.165, 1.54) is 37.4 Å². The van der Waals surface area contributed by atoms with Gasteiger partial charge in [0.05, 0.1) is 0 Å². The van der Waals surface area contributed by atoms with Crippen molar-refractivity contribution < 1.29 is 14.3 Å². The molecular formula is C18H29NO3Se. The van der Waals surface area contributed by atoms with E-state index in [-0.39, 0.29) is 22.5 Å². The molecule has 1 N–H and O–H groups in total. The fourth-order valence-electron chi connectivity index (χ4n) is 5.77. The van der Waals surface area contributed by atoms with Crippen LogP contribution in [0, 0.1) is 16.7 Å².